The van der Waals surface area contributed by atoms with Crippen LogP contribution in [0.1, 0.15) is 0 Å². The van der Waals surface area contributed by atoms with E-state index in [4.69, 9.17) is 10.5 Å². The molecule has 0 saturated heterocycles. The van der Waals surface area contributed by atoms with Crippen LogP contribution in [-0.4, -0.2) is 37.6 Å². The van der Waals surface area contributed by atoms with Crippen LogP contribution in [-0.2, 0) is 4.79 Å². The average Bonchev–Trinajstić information content (AvgIpc) is 2.37. The molecule has 0 saturated carbocycles. The predicted octanol–water partition coefficient (Wildman–Crippen LogP) is 1.04. The number of hydrogen-bond donors (Lipinski definition) is 1. The molecule has 1 aromatic carbocycles. The van der Waals surface area contributed by atoms with Crippen molar-refractivity contribution in [2.75, 3.05) is 26.7 Å². The van der Waals surface area contributed by atoms with Gasteiger partial charge in [0.2, 0.25) is 5.91 Å². The van der Waals surface area contributed by atoms with Crippen molar-refractivity contribution in [3.8, 4) is 5.75 Å². The second-order valence-electron chi connectivity index (χ2n) is 3.56. The molecule has 1 aromatic rings. The number of benzene rings is 1. The van der Waals surface area contributed by atoms with E-state index in [1.165, 1.54) is 6.08 Å². The van der Waals surface area contributed by atoms with Crippen LogP contribution in [0.3, 0.4) is 0 Å². The van der Waals surface area contributed by atoms with E-state index in [-0.39, 0.29) is 5.91 Å². The second-order valence-corrected chi connectivity index (χ2v) is 3.56. The number of hydrogen-bond acceptors (Lipinski definition) is 3. The van der Waals surface area contributed by atoms with Gasteiger partial charge in [-0.15, -0.1) is 0 Å². The first-order chi connectivity index (χ1) is 8.24. The lowest BCUT2D eigenvalue weighted by Crippen LogP contribution is -2.29. The van der Waals surface area contributed by atoms with Crippen molar-refractivity contribution in [1.29, 1.82) is 0 Å². The number of carbonyl (C=O) groups is 1. The molecule has 0 aromatic heterocycles. The van der Waals surface area contributed by atoms with Gasteiger partial charge in [-0.25, -0.2) is 0 Å². The smallest absolute Gasteiger partial charge is 0.246 e. The minimum Gasteiger partial charge on any atom is -0.492 e. The van der Waals surface area contributed by atoms with Gasteiger partial charge in [-0.05, 0) is 12.1 Å². The summed E-state index contributed by atoms with van der Waals surface area (Å²) in [4.78, 5) is 13.1. The fourth-order valence-electron chi connectivity index (χ4n) is 1.22. The maximum atomic E-state index is 11.5. The fourth-order valence-corrected chi connectivity index (χ4v) is 1.22. The molecule has 0 fully saturated rings. The van der Waals surface area contributed by atoms with Gasteiger partial charge in [0.25, 0.3) is 0 Å². The first kappa shape index (κ1) is 13.3. The van der Waals surface area contributed by atoms with Crippen LogP contribution in [0.4, 0.5) is 0 Å². The van der Waals surface area contributed by atoms with E-state index in [0.717, 1.165) is 5.75 Å². The van der Waals surface area contributed by atoms with Gasteiger partial charge < -0.3 is 15.4 Å². The molecular formula is C13H18N2O2. The SMILES string of the molecule is CN(CCOc1ccccc1)C(=O)/C=C/CN. The minimum atomic E-state index is -0.0629. The number of carbonyl (C=O) groups excluding carboxylic acids is 1. The Bertz CT molecular complexity index is 363. The maximum Gasteiger partial charge on any atom is 0.246 e. The third-order valence-electron chi connectivity index (χ3n) is 2.21. The van der Waals surface area contributed by atoms with Crippen LogP contribution >= 0.6 is 0 Å². The summed E-state index contributed by atoms with van der Waals surface area (Å²) in [6, 6.07) is 9.52. The maximum absolute atomic E-state index is 11.5. The van der Waals surface area contributed by atoms with E-state index >= 15 is 0 Å². The summed E-state index contributed by atoms with van der Waals surface area (Å²) < 4.78 is 5.49. The van der Waals surface area contributed by atoms with Crippen molar-refractivity contribution >= 4 is 5.91 Å². The lowest BCUT2D eigenvalue weighted by molar-refractivity contribution is -0.125. The van der Waals surface area contributed by atoms with E-state index in [1.807, 2.05) is 30.3 Å². The molecule has 4 nitrogen and oxygen atoms in total. The summed E-state index contributed by atoms with van der Waals surface area (Å²) >= 11 is 0. The first-order valence-corrected chi connectivity index (χ1v) is 5.53. The molecule has 0 atom stereocenters. The van der Waals surface area contributed by atoms with E-state index in [2.05, 4.69) is 0 Å². The predicted molar refractivity (Wildman–Crippen MR) is 67.8 cm³/mol. The van der Waals surface area contributed by atoms with Crippen molar-refractivity contribution < 1.29 is 9.53 Å². The highest BCUT2D eigenvalue weighted by Gasteiger charge is 2.03. The van der Waals surface area contributed by atoms with E-state index in [9.17, 15) is 4.79 Å². The molecule has 0 aliphatic rings. The molecule has 4 heteroatoms. The topological polar surface area (TPSA) is 55.6 Å². The highest BCUT2D eigenvalue weighted by atomic mass is 16.5. The molecule has 0 radical (unpaired) electrons. The van der Waals surface area contributed by atoms with E-state index in [1.54, 1.807) is 18.0 Å². The number of amides is 1. The Morgan fingerprint density at radius 2 is 2.12 bits per heavy atom. The molecule has 0 aliphatic carbocycles. The van der Waals surface area contributed by atoms with Gasteiger partial charge in [-0.2, -0.15) is 0 Å². The lowest BCUT2D eigenvalue weighted by Gasteiger charge is -2.15. The van der Waals surface area contributed by atoms with Gasteiger partial charge in [-0.3, -0.25) is 4.79 Å². The molecule has 1 rings (SSSR count). The molecule has 92 valence electrons. The number of nitrogens with zero attached hydrogens (tertiary/aromatic N) is 1. The molecule has 1 amide bonds. The molecule has 0 unspecified atom stereocenters. The zero-order valence-corrected chi connectivity index (χ0v) is 10.0. The van der Waals surface area contributed by atoms with Gasteiger partial charge in [-0.1, -0.05) is 24.3 Å². The van der Waals surface area contributed by atoms with Gasteiger partial charge in [0.05, 0.1) is 6.54 Å². The third kappa shape index (κ3) is 5.17. The molecule has 0 heterocycles. The van der Waals surface area contributed by atoms with E-state index in [0.29, 0.717) is 19.7 Å². The Hall–Kier alpha value is -1.81. The van der Waals surface area contributed by atoms with Gasteiger partial charge in [0, 0.05) is 19.7 Å². The highest BCUT2D eigenvalue weighted by Crippen LogP contribution is 2.07. The molecule has 0 bridgehead atoms. The molecule has 17 heavy (non-hydrogen) atoms. The fraction of sp³-hybridized carbons (Fsp3) is 0.308. The molecule has 0 spiro atoms. The van der Waals surface area contributed by atoms with Gasteiger partial charge >= 0.3 is 0 Å². The van der Waals surface area contributed by atoms with Crippen molar-refractivity contribution in [3.63, 3.8) is 0 Å². The standard InChI is InChI=1S/C13H18N2O2/c1-15(13(16)8-5-9-14)10-11-17-12-6-3-2-4-7-12/h2-8H,9-11,14H2,1H3/b8-5+. The third-order valence-corrected chi connectivity index (χ3v) is 2.21. The number of likely N-dealkylation sites (N-methyl/N-ethyl adjacent to an activating group) is 1. The summed E-state index contributed by atoms with van der Waals surface area (Å²) in [6.45, 7) is 1.39. The quantitative estimate of drug-likeness (QED) is 0.748. The first-order valence-electron chi connectivity index (χ1n) is 5.53. The van der Waals surface area contributed by atoms with Crippen LogP contribution in [0.5, 0.6) is 5.75 Å². The van der Waals surface area contributed by atoms with Crippen LogP contribution in [0, 0.1) is 0 Å². The van der Waals surface area contributed by atoms with Crippen LogP contribution in [0.15, 0.2) is 42.5 Å². The van der Waals surface area contributed by atoms with E-state index < -0.39 is 0 Å². The Morgan fingerprint density at radius 1 is 1.41 bits per heavy atom. The Labute approximate surface area is 102 Å². The Balaban J connectivity index is 2.27. The largest absolute Gasteiger partial charge is 0.492 e. The summed E-state index contributed by atoms with van der Waals surface area (Å²) in [7, 11) is 1.73. The highest BCUT2D eigenvalue weighted by molar-refractivity contribution is 5.87. The molecular weight excluding hydrogens is 216 g/mol. The average molecular weight is 234 g/mol. The number of nitrogens with two attached hydrogens (primary N) is 1. The minimum absolute atomic E-state index is 0.0629. The van der Waals surface area contributed by atoms with Crippen molar-refractivity contribution in [2.24, 2.45) is 5.73 Å². The zero-order chi connectivity index (χ0) is 12.5. The summed E-state index contributed by atoms with van der Waals surface area (Å²) in [5.74, 6) is 0.748. The monoisotopic (exact) mass is 234 g/mol. The van der Waals surface area contributed by atoms with Crippen molar-refractivity contribution in [3.05, 3.63) is 42.5 Å². The molecule has 2 N–H and O–H groups in total. The van der Waals surface area contributed by atoms with Crippen molar-refractivity contribution in [2.45, 2.75) is 0 Å². The number of ether oxygens (including phenoxy) is 1. The second kappa shape index (κ2) is 7.46. The Kier molecular flexibility index (Phi) is 5.82. The number of rotatable bonds is 6. The van der Waals surface area contributed by atoms with Crippen LogP contribution in [0.25, 0.3) is 0 Å². The van der Waals surface area contributed by atoms with Gasteiger partial charge in [0.1, 0.15) is 12.4 Å². The molecule has 0 aliphatic heterocycles. The summed E-state index contributed by atoms with van der Waals surface area (Å²) in [5.41, 5.74) is 5.27. The normalized spacial score (nSPS) is 10.5. The van der Waals surface area contributed by atoms with Crippen LogP contribution < -0.4 is 10.5 Å². The number of para-hydroxylation sites is 1. The zero-order valence-electron chi connectivity index (χ0n) is 10.0. The summed E-state index contributed by atoms with van der Waals surface area (Å²) in [6.07, 6.45) is 3.11. The lowest BCUT2D eigenvalue weighted by atomic mass is 10.3. The Morgan fingerprint density at radius 3 is 2.76 bits per heavy atom. The van der Waals surface area contributed by atoms with Crippen LogP contribution in [0.2, 0.25) is 0 Å². The summed E-state index contributed by atoms with van der Waals surface area (Å²) in [5, 5.41) is 0. The van der Waals surface area contributed by atoms with Crippen molar-refractivity contribution in [1.82, 2.24) is 4.90 Å². The van der Waals surface area contributed by atoms with Gasteiger partial charge in [0.15, 0.2) is 0 Å².